The number of nitrogens with zero attached hydrogens (tertiary/aromatic N) is 2. The Morgan fingerprint density at radius 3 is 3.11 bits per heavy atom. The Bertz CT molecular complexity index is 497. The van der Waals surface area contributed by atoms with Crippen molar-refractivity contribution >= 4 is 17.7 Å². The van der Waals surface area contributed by atoms with Crippen LogP contribution in [-0.4, -0.2) is 51.1 Å². The van der Waals surface area contributed by atoms with Crippen molar-refractivity contribution in [2.45, 2.75) is 31.6 Å². The molecule has 1 amide bonds. The van der Waals surface area contributed by atoms with Gasteiger partial charge in [0.25, 0.3) is 5.91 Å². The van der Waals surface area contributed by atoms with Crippen molar-refractivity contribution < 1.29 is 4.79 Å². The summed E-state index contributed by atoms with van der Waals surface area (Å²) in [7, 11) is 0. The lowest BCUT2D eigenvalue weighted by molar-refractivity contribution is 0.0740. The summed E-state index contributed by atoms with van der Waals surface area (Å²) in [6.07, 6.45) is 0.928. The Hall–Kier alpha value is -1.01. The number of carbonyl (C=O) groups excluding carboxylic acids is 1. The topological polar surface area (TPSA) is 61.0 Å². The SMILES string of the molecule is CC1(C)CN(C(=O)c2n[nH]c3c2CNCC3)CCS1. The lowest BCUT2D eigenvalue weighted by Crippen LogP contribution is -2.46. The van der Waals surface area contributed by atoms with E-state index in [-0.39, 0.29) is 10.7 Å². The van der Waals surface area contributed by atoms with Crippen LogP contribution < -0.4 is 5.32 Å². The molecule has 3 heterocycles. The molecule has 0 spiro atoms. The molecule has 1 fully saturated rings. The third-order valence-electron chi connectivity index (χ3n) is 3.72. The molecule has 0 radical (unpaired) electrons. The summed E-state index contributed by atoms with van der Waals surface area (Å²) in [6.45, 7) is 7.71. The van der Waals surface area contributed by atoms with E-state index in [9.17, 15) is 4.79 Å². The minimum atomic E-state index is 0.0783. The first-order chi connectivity index (χ1) is 9.07. The highest BCUT2D eigenvalue weighted by atomic mass is 32.2. The van der Waals surface area contributed by atoms with E-state index in [1.165, 1.54) is 0 Å². The van der Waals surface area contributed by atoms with Crippen LogP contribution >= 0.6 is 11.8 Å². The highest BCUT2D eigenvalue weighted by Gasteiger charge is 2.32. The number of H-pyrrole nitrogens is 1. The minimum Gasteiger partial charge on any atom is -0.335 e. The number of carbonyl (C=O) groups is 1. The zero-order valence-corrected chi connectivity index (χ0v) is 12.3. The zero-order chi connectivity index (χ0) is 13.5. The first kappa shape index (κ1) is 13.0. The van der Waals surface area contributed by atoms with Crippen molar-refractivity contribution in [3.63, 3.8) is 0 Å². The average molecular weight is 280 g/mol. The Balaban J connectivity index is 1.82. The molecule has 3 rings (SSSR count). The van der Waals surface area contributed by atoms with E-state index in [1.54, 1.807) is 0 Å². The van der Waals surface area contributed by atoms with Crippen LogP contribution in [0, 0.1) is 0 Å². The smallest absolute Gasteiger partial charge is 0.274 e. The van der Waals surface area contributed by atoms with Gasteiger partial charge in [-0.3, -0.25) is 9.89 Å². The maximum absolute atomic E-state index is 12.6. The maximum Gasteiger partial charge on any atom is 0.274 e. The van der Waals surface area contributed by atoms with Gasteiger partial charge in [-0.05, 0) is 13.8 Å². The van der Waals surface area contributed by atoms with E-state index >= 15 is 0 Å². The molecule has 19 heavy (non-hydrogen) atoms. The summed E-state index contributed by atoms with van der Waals surface area (Å²) in [4.78, 5) is 14.6. The first-order valence-corrected chi connectivity index (χ1v) is 7.75. The molecule has 0 aromatic carbocycles. The van der Waals surface area contributed by atoms with Crippen LogP contribution in [0.15, 0.2) is 0 Å². The number of thioether (sulfide) groups is 1. The third kappa shape index (κ3) is 2.51. The van der Waals surface area contributed by atoms with Gasteiger partial charge in [0, 0.05) is 54.4 Å². The van der Waals surface area contributed by atoms with E-state index in [2.05, 4.69) is 29.4 Å². The molecule has 0 unspecified atom stereocenters. The molecule has 0 atom stereocenters. The van der Waals surface area contributed by atoms with Gasteiger partial charge in [0.1, 0.15) is 0 Å². The average Bonchev–Trinajstić information content (AvgIpc) is 2.80. The standard InChI is InChI=1S/C13H20N4OS/c1-13(2)8-17(5-6-19-13)12(18)11-9-7-14-4-3-10(9)15-16-11/h14H,3-8H2,1-2H3,(H,15,16). The first-order valence-electron chi connectivity index (χ1n) is 6.77. The molecule has 2 N–H and O–H groups in total. The molecule has 1 aromatic rings. The van der Waals surface area contributed by atoms with Gasteiger partial charge in [0.05, 0.1) is 0 Å². The van der Waals surface area contributed by atoms with E-state index in [0.717, 1.165) is 49.6 Å². The molecule has 6 heteroatoms. The largest absolute Gasteiger partial charge is 0.335 e. The zero-order valence-electron chi connectivity index (χ0n) is 11.5. The van der Waals surface area contributed by atoms with Gasteiger partial charge in [-0.1, -0.05) is 0 Å². The number of aromatic amines is 1. The van der Waals surface area contributed by atoms with Crippen LogP contribution in [0.25, 0.3) is 0 Å². The van der Waals surface area contributed by atoms with Crippen molar-refractivity contribution in [3.8, 4) is 0 Å². The summed E-state index contributed by atoms with van der Waals surface area (Å²) >= 11 is 1.93. The molecular weight excluding hydrogens is 260 g/mol. The highest BCUT2D eigenvalue weighted by Crippen LogP contribution is 2.30. The summed E-state index contributed by atoms with van der Waals surface area (Å²) < 4.78 is 0.141. The van der Waals surface area contributed by atoms with Gasteiger partial charge >= 0.3 is 0 Å². The van der Waals surface area contributed by atoms with E-state index in [0.29, 0.717) is 5.69 Å². The van der Waals surface area contributed by atoms with Crippen LogP contribution in [0.3, 0.4) is 0 Å². The van der Waals surface area contributed by atoms with Gasteiger partial charge in [-0.25, -0.2) is 0 Å². The van der Waals surface area contributed by atoms with Crippen LogP contribution in [-0.2, 0) is 13.0 Å². The van der Waals surface area contributed by atoms with E-state index < -0.39 is 0 Å². The van der Waals surface area contributed by atoms with Crippen LogP contribution in [0.5, 0.6) is 0 Å². The number of amides is 1. The summed E-state index contributed by atoms with van der Waals surface area (Å²) in [5.41, 5.74) is 2.80. The predicted molar refractivity (Wildman–Crippen MR) is 76.4 cm³/mol. The molecule has 2 aliphatic rings. The van der Waals surface area contributed by atoms with E-state index in [1.807, 2.05) is 16.7 Å². The lowest BCUT2D eigenvalue weighted by Gasteiger charge is -2.37. The molecule has 5 nitrogen and oxygen atoms in total. The Morgan fingerprint density at radius 1 is 1.47 bits per heavy atom. The Labute approximate surface area is 117 Å². The second kappa shape index (κ2) is 4.83. The lowest BCUT2D eigenvalue weighted by atomic mass is 10.1. The van der Waals surface area contributed by atoms with Crippen molar-refractivity contribution in [2.24, 2.45) is 0 Å². The molecule has 1 aromatic heterocycles. The highest BCUT2D eigenvalue weighted by molar-refractivity contribution is 8.00. The van der Waals surface area contributed by atoms with Gasteiger partial charge in [-0.2, -0.15) is 16.9 Å². The number of hydrogen-bond acceptors (Lipinski definition) is 4. The number of hydrogen-bond donors (Lipinski definition) is 2. The van der Waals surface area contributed by atoms with Crippen molar-refractivity contribution in [1.82, 2.24) is 20.4 Å². The molecule has 0 aliphatic carbocycles. The fourth-order valence-corrected chi connectivity index (χ4v) is 3.85. The summed E-state index contributed by atoms with van der Waals surface area (Å²) in [5.74, 6) is 1.08. The number of fused-ring (bicyclic) bond motifs is 1. The molecule has 104 valence electrons. The molecule has 1 saturated heterocycles. The van der Waals surface area contributed by atoms with E-state index in [4.69, 9.17) is 0 Å². The second-order valence-corrected chi connectivity index (χ2v) is 7.59. The number of aromatic nitrogens is 2. The van der Waals surface area contributed by atoms with Crippen molar-refractivity contribution in [2.75, 3.05) is 25.4 Å². The number of rotatable bonds is 1. The van der Waals surface area contributed by atoms with Crippen molar-refractivity contribution in [3.05, 3.63) is 17.0 Å². The van der Waals surface area contributed by atoms with Crippen LogP contribution in [0.2, 0.25) is 0 Å². The monoisotopic (exact) mass is 280 g/mol. The number of nitrogens with one attached hydrogen (secondary N) is 2. The minimum absolute atomic E-state index is 0.0783. The van der Waals surface area contributed by atoms with Crippen LogP contribution in [0.4, 0.5) is 0 Å². The second-order valence-electron chi connectivity index (χ2n) is 5.79. The molecule has 2 aliphatic heterocycles. The quantitative estimate of drug-likeness (QED) is 0.806. The maximum atomic E-state index is 12.6. The summed E-state index contributed by atoms with van der Waals surface area (Å²) in [5, 5.41) is 10.6. The van der Waals surface area contributed by atoms with Crippen LogP contribution in [0.1, 0.15) is 35.6 Å². The molecule has 0 saturated carbocycles. The van der Waals surface area contributed by atoms with Crippen molar-refractivity contribution in [1.29, 1.82) is 0 Å². The van der Waals surface area contributed by atoms with Gasteiger partial charge in [0.2, 0.25) is 0 Å². The van der Waals surface area contributed by atoms with Gasteiger partial charge in [0.15, 0.2) is 5.69 Å². The van der Waals surface area contributed by atoms with Gasteiger partial charge in [-0.15, -0.1) is 0 Å². The summed E-state index contributed by atoms with van der Waals surface area (Å²) in [6, 6.07) is 0. The molecular formula is C13H20N4OS. The Kier molecular flexibility index (Phi) is 3.30. The van der Waals surface area contributed by atoms with Gasteiger partial charge < -0.3 is 10.2 Å². The molecule has 0 bridgehead atoms. The fourth-order valence-electron chi connectivity index (χ4n) is 2.74. The Morgan fingerprint density at radius 2 is 2.32 bits per heavy atom. The normalized spacial score (nSPS) is 22.1. The predicted octanol–water partition coefficient (Wildman–Crippen LogP) is 1.02. The third-order valence-corrected chi connectivity index (χ3v) is 5.02. The fraction of sp³-hybridized carbons (Fsp3) is 0.692.